The Labute approximate surface area is 187 Å². The summed E-state index contributed by atoms with van der Waals surface area (Å²) in [6.07, 6.45) is 0. The molecule has 0 aliphatic carbocycles. The maximum Gasteiger partial charge on any atom is 0.257 e. The number of likely N-dealkylation sites (tertiary alicyclic amines) is 1. The summed E-state index contributed by atoms with van der Waals surface area (Å²) in [4.78, 5) is 31.1. The van der Waals surface area contributed by atoms with E-state index in [1.165, 1.54) is 6.07 Å². The largest absolute Gasteiger partial charge is 0.340 e. The fraction of sp³-hybridized carbons (Fsp3) is 0.360. The number of fused-ring (bicyclic) bond motifs is 1. The van der Waals surface area contributed by atoms with Gasteiger partial charge in [0.25, 0.3) is 5.91 Å². The van der Waals surface area contributed by atoms with Crippen molar-refractivity contribution in [2.45, 2.75) is 20.8 Å². The van der Waals surface area contributed by atoms with Crippen LogP contribution in [0.1, 0.15) is 27.4 Å². The summed E-state index contributed by atoms with van der Waals surface area (Å²) in [6, 6.07) is 12.3. The van der Waals surface area contributed by atoms with Crippen molar-refractivity contribution in [2.75, 3.05) is 31.1 Å². The number of hydrogen-bond donors (Lipinski definition) is 0. The standard InChI is InChI=1S/C25H26FN5O/c1-15-6-4-9-22(27-15)20-7-5-8-21(26)23(20)24(32)30-11-18-13-31(14-19(18)12-30)25-28-16(2)10-17(3)29-25/h4-10,18-19H,11-14H2,1-3H3. The smallest absolute Gasteiger partial charge is 0.257 e. The highest BCUT2D eigenvalue weighted by molar-refractivity contribution is 6.01. The van der Waals surface area contributed by atoms with E-state index < -0.39 is 5.82 Å². The third-order valence-electron chi connectivity index (χ3n) is 6.42. The Bertz CT molecular complexity index is 1160. The molecule has 2 atom stereocenters. The molecule has 0 spiro atoms. The van der Waals surface area contributed by atoms with Crippen LogP contribution in [0.5, 0.6) is 0 Å². The first-order valence-electron chi connectivity index (χ1n) is 11.0. The Morgan fingerprint density at radius 1 is 0.875 bits per heavy atom. The Kier molecular flexibility index (Phi) is 5.12. The number of pyridine rings is 1. The Morgan fingerprint density at radius 2 is 1.53 bits per heavy atom. The van der Waals surface area contributed by atoms with Crippen LogP contribution in [0.4, 0.5) is 10.3 Å². The lowest BCUT2D eigenvalue weighted by Gasteiger charge is -2.23. The molecular formula is C25H26FN5O. The van der Waals surface area contributed by atoms with E-state index in [4.69, 9.17) is 0 Å². The third-order valence-corrected chi connectivity index (χ3v) is 6.42. The van der Waals surface area contributed by atoms with Crippen molar-refractivity contribution < 1.29 is 9.18 Å². The van der Waals surface area contributed by atoms with Crippen LogP contribution < -0.4 is 4.90 Å². The summed E-state index contributed by atoms with van der Waals surface area (Å²) in [5.41, 5.74) is 4.01. The predicted octanol–water partition coefficient (Wildman–Crippen LogP) is 3.81. The van der Waals surface area contributed by atoms with Gasteiger partial charge in [0, 0.05) is 60.7 Å². The van der Waals surface area contributed by atoms with Crippen LogP contribution in [0.2, 0.25) is 0 Å². The van der Waals surface area contributed by atoms with Crippen LogP contribution in [0.3, 0.4) is 0 Å². The number of carbonyl (C=O) groups excluding carboxylic acids is 1. The molecule has 2 aromatic heterocycles. The third kappa shape index (κ3) is 3.72. The Balaban J connectivity index is 1.36. The molecule has 2 saturated heterocycles. The Hall–Kier alpha value is -3.35. The van der Waals surface area contributed by atoms with Crippen LogP contribution in [0.15, 0.2) is 42.5 Å². The summed E-state index contributed by atoms with van der Waals surface area (Å²) in [5.74, 6) is 0.659. The fourth-order valence-corrected chi connectivity index (χ4v) is 4.98. The van der Waals surface area contributed by atoms with Crippen molar-refractivity contribution in [2.24, 2.45) is 11.8 Å². The molecule has 5 rings (SSSR count). The van der Waals surface area contributed by atoms with Gasteiger partial charge in [-0.1, -0.05) is 18.2 Å². The number of rotatable bonds is 3. The number of anilines is 1. The van der Waals surface area contributed by atoms with E-state index >= 15 is 0 Å². The van der Waals surface area contributed by atoms with Crippen molar-refractivity contribution >= 4 is 11.9 Å². The zero-order valence-electron chi connectivity index (χ0n) is 18.5. The minimum Gasteiger partial charge on any atom is -0.340 e. The molecule has 0 saturated carbocycles. The van der Waals surface area contributed by atoms with Crippen molar-refractivity contribution in [1.29, 1.82) is 0 Å². The fourth-order valence-electron chi connectivity index (χ4n) is 4.98. The van der Waals surface area contributed by atoms with E-state index in [-0.39, 0.29) is 11.5 Å². The lowest BCUT2D eigenvalue weighted by molar-refractivity contribution is 0.0778. The van der Waals surface area contributed by atoms with Gasteiger partial charge in [-0.3, -0.25) is 9.78 Å². The van der Waals surface area contributed by atoms with Crippen molar-refractivity contribution in [3.05, 3.63) is 70.9 Å². The summed E-state index contributed by atoms with van der Waals surface area (Å²) in [5, 5.41) is 0. The summed E-state index contributed by atoms with van der Waals surface area (Å²) in [7, 11) is 0. The molecule has 0 bridgehead atoms. The molecule has 7 heteroatoms. The molecule has 1 amide bonds. The van der Waals surface area contributed by atoms with E-state index in [2.05, 4.69) is 19.9 Å². The van der Waals surface area contributed by atoms with Gasteiger partial charge in [0.1, 0.15) is 5.82 Å². The second kappa shape index (κ2) is 7.97. The van der Waals surface area contributed by atoms with Gasteiger partial charge < -0.3 is 9.80 Å². The number of amides is 1. The predicted molar refractivity (Wildman–Crippen MR) is 121 cm³/mol. The number of nitrogens with zero attached hydrogens (tertiary/aromatic N) is 5. The molecule has 4 heterocycles. The van der Waals surface area contributed by atoms with E-state index in [0.29, 0.717) is 36.2 Å². The van der Waals surface area contributed by atoms with Gasteiger partial charge in [-0.25, -0.2) is 14.4 Å². The average Bonchev–Trinajstić information content (AvgIpc) is 3.32. The normalized spacial score (nSPS) is 20.0. The van der Waals surface area contributed by atoms with Gasteiger partial charge >= 0.3 is 0 Å². The van der Waals surface area contributed by atoms with Crippen LogP contribution in [0.25, 0.3) is 11.3 Å². The van der Waals surface area contributed by atoms with E-state index in [0.717, 1.165) is 36.1 Å². The van der Waals surface area contributed by atoms with Gasteiger partial charge in [-0.2, -0.15) is 0 Å². The first-order chi connectivity index (χ1) is 15.4. The van der Waals surface area contributed by atoms with Gasteiger partial charge in [0.15, 0.2) is 0 Å². The van der Waals surface area contributed by atoms with Crippen LogP contribution >= 0.6 is 0 Å². The molecular weight excluding hydrogens is 405 g/mol. The maximum absolute atomic E-state index is 14.9. The maximum atomic E-state index is 14.9. The van der Waals surface area contributed by atoms with E-state index in [1.54, 1.807) is 17.0 Å². The minimum absolute atomic E-state index is 0.111. The highest BCUT2D eigenvalue weighted by Crippen LogP contribution is 2.35. The van der Waals surface area contributed by atoms with Crippen LogP contribution in [-0.2, 0) is 0 Å². The first kappa shape index (κ1) is 20.5. The lowest BCUT2D eigenvalue weighted by atomic mass is 10.0. The molecule has 32 heavy (non-hydrogen) atoms. The van der Waals surface area contributed by atoms with Gasteiger partial charge in [-0.05, 0) is 45.0 Å². The Morgan fingerprint density at radius 3 is 2.19 bits per heavy atom. The van der Waals surface area contributed by atoms with Crippen molar-refractivity contribution in [3.8, 4) is 11.3 Å². The van der Waals surface area contributed by atoms with Crippen molar-refractivity contribution in [1.82, 2.24) is 19.9 Å². The molecule has 6 nitrogen and oxygen atoms in total. The number of aromatic nitrogens is 3. The summed E-state index contributed by atoms with van der Waals surface area (Å²) < 4.78 is 14.9. The summed E-state index contributed by atoms with van der Waals surface area (Å²) in [6.45, 7) is 8.67. The highest BCUT2D eigenvalue weighted by Gasteiger charge is 2.43. The second-order valence-corrected chi connectivity index (χ2v) is 8.91. The van der Waals surface area contributed by atoms with Gasteiger partial charge in [0.2, 0.25) is 5.95 Å². The molecule has 2 fully saturated rings. The highest BCUT2D eigenvalue weighted by atomic mass is 19.1. The zero-order valence-corrected chi connectivity index (χ0v) is 18.5. The minimum atomic E-state index is -0.502. The second-order valence-electron chi connectivity index (χ2n) is 8.91. The molecule has 2 unspecified atom stereocenters. The topological polar surface area (TPSA) is 62.2 Å². The first-order valence-corrected chi connectivity index (χ1v) is 11.0. The zero-order chi connectivity index (χ0) is 22.4. The van der Waals surface area contributed by atoms with E-state index in [1.807, 2.05) is 45.0 Å². The van der Waals surface area contributed by atoms with Crippen LogP contribution in [0, 0.1) is 38.4 Å². The molecule has 0 N–H and O–H groups in total. The van der Waals surface area contributed by atoms with Crippen LogP contribution in [-0.4, -0.2) is 51.9 Å². The number of aryl methyl sites for hydroxylation is 3. The molecule has 164 valence electrons. The number of hydrogen-bond acceptors (Lipinski definition) is 5. The monoisotopic (exact) mass is 431 g/mol. The van der Waals surface area contributed by atoms with Gasteiger partial charge in [0.05, 0.1) is 11.3 Å². The SMILES string of the molecule is Cc1cccc(-c2cccc(F)c2C(=O)N2CC3CN(c4nc(C)cc(C)n4)CC3C2)n1. The lowest BCUT2D eigenvalue weighted by Crippen LogP contribution is -2.34. The average molecular weight is 432 g/mol. The quantitative estimate of drug-likeness (QED) is 0.631. The molecule has 3 aromatic rings. The summed E-state index contributed by atoms with van der Waals surface area (Å²) >= 11 is 0. The molecule has 2 aliphatic heterocycles. The molecule has 0 radical (unpaired) electrons. The molecule has 1 aromatic carbocycles. The number of benzene rings is 1. The van der Waals surface area contributed by atoms with E-state index in [9.17, 15) is 9.18 Å². The van der Waals surface area contributed by atoms with Gasteiger partial charge in [-0.15, -0.1) is 0 Å². The molecule has 2 aliphatic rings. The number of halogens is 1. The number of carbonyl (C=O) groups is 1. The van der Waals surface area contributed by atoms with Crippen molar-refractivity contribution in [3.63, 3.8) is 0 Å².